The molecule has 4 nitrogen and oxygen atoms in total. The van der Waals surface area contributed by atoms with E-state index in [1.807, 2.05) is 18.2 Å². The van der Waals surface area contributed by atoms with Gasteiger partial charge in [-0.1, -0.05) is 56.7 Å². The molecule has 2 aromatic carbocycles. The number of nitrogens with zero attached hydrogens (tertiary/aromatic N) is 1. The molecule has 0 radical (unpaired) electrons. The highest BCUT2D eigenvalue weighted by Gasteiger charge is 2.33. The maximum atomic E-state index is 13.7. The lowest BCUT2D eigenvalue weighted by atomic mass is 9.88. The van der Waals surface area contributed by atoms with E-state index in [9.17, 15) is 9.59 Å². The Balaban J connectivity index is 1.37. The predicted octanol–water partition coefficient (Wildman–Crippen LogP) is 6.35. The molecule has 2 aromatic rings. The van der Waals surface area contributed by atoms with Crippen molar-refractivity contribution in [2.24, 2.45) is 0 Å². The molecule has 1 N–H and O–H groups in total. The molecule has 3 aliphatic rings. The minimum atomic E-state index is 0.0913. The highest BCUT2D eigenvalue weighted by Crippen LogP contribution is 2.33. The van der Waals surface area contributed by atoms with Crippen molar-refractivity contribution in [2.45, 2.75) is 89.1 Å². The lowest BCUT2D eigenvalue weighted by Crippen LogP contribution is -2.48. The van der Waals surface area contributed by atoms with E-state index in [0.29, 0.717) is 18.5 Å². The highest BCUT2D eigenvalue weighted by molar-refractivity contribution is 5.96. The van der Waals surface area contributed by atoms with Crippen molar-refractivity contribution in [1.29, 1.82) is 0 Å². The van der Waals surface area contributed by atoms with Gasteiger partial charge in [0.05, 0.1) is 0 Å². The summed E-state index contributed by atoms with van der Waals surface area (Å²) in [5.41, 5.74) is 5.17. The fraction of sp³-hybridized carbons (Fsp3) is 0.500. The number of rotatable bonds is 4. The maximum Gasteiger partial charge on any atom is 0.254 e. The second-order valence-electron chi connectivity index (χ2n) is 9.79. The van der Waals surface area contributed by atoms with Crippen molar-refractivity contribution >= 4 is 17.5 Å². The summed E-state index contributed by atoms with van der Waals surface area (Å²) in [5.74, 6) is 0.317. The van der Waals surface area contributed by atoms with Crippen molar-refractivity contribution in [1.82, 2.24) is 4.90 Å². The number of carbonyl (C=O) groups excluding carboxylic acids is 2. The largest absolute Gasteiger partial charge is 0.333 e. The zero-order chi connectivity index (χ0) is 21.9. The van der Waals surface area contributed by atoms with Crippen LogP contribution in [0.5, 0.6) is 0 Å². The molecule has 2 aliphatic carbocycles. The average Bonchev–Trinajstić information content (AvgIpc) is 2.85. The van der Waals surface area contributed by atoms with E-state index in [0.717, 1.165) is 54.5 Å². The molecular formula is C28H34N2O2. The van der Waals surface area contributed by atoms with E-state index in [1.165, 1.54) is 44.1 Å². The Kier molecular flexibility index (Phi) is 6.29. The first kappa shape index (κ1) is 21.2. The van der Waals surface area contributed by atoms with Crippen LogP contribution in [0.1, 0.15) is 86.6 Å². The Morgan fingerprint density at radius 3 is 1.97 bits per heavy atom. The van der Waals surface area contributed by atoms with Gasteiger partial charge in [-0.3, -0.25) is 9.59 Å². The first-order valence-corrected chi connectivity index (χ1v) is 12.5. The molecule has 0 saturated heterocycles. The molecule has 0 aromatic heterocycles. The summed E-state index contributed by atoms with van der Waals surface area (Å²) in [4.78, 5) is 27.6. The summed E-state index contributed by atoms with van der Waals surface area (Å²) in [7, 11) is 0. The van der Waals surface area contributed by atoms with Crippen molar-refractivity contribution in [3.63, 3.8) is 0 Å². The third-order valence-corrected chi connectivity index (χ3v) is 7.64. The minimum Gasteiger partial charge on any atom is -0.333 e. The third kappa shape index (κ3) is 4.46. The van der Waals surface area contributed by atoms with Gasteiger partial charge in [0.15, 0.2) is 0 Å². The number of aryl methyl sites for hydroxylation is 1. The minimum absolute atomic E-state index is 0.0913. The number of carbonyl (C=O) groups is 2. The van der Waals surface area contributed by atoms with Crippen LogP contribution in [0.25, 0.3) is 11.1 Å². The number of benzene rings is 2. The molecule has 2 fully saturated rings. The van der Waals surface area contributed by atoms with Gasteiger partial charge in [-0.15, -0.1) is 0 Å². The fourth-order valence-corrected chi connectivity index (χ4v) is 5.87. The second-order valence-corrected chi connectivity index (χ2v) is 9.79. The lowest BCUT2D eigenvalue weighted by Gasteiger charge is -2.42. The molecule has 2 saturated carbocycles. The fourth-order valence-electron chi connectivity index (χ4n) is 5.87. The summed E-state index contributed by atoms with van der Waals surface area (Å²) < 4.78 is 0. The molecule has 0 atom stereocenters. The number of hydrogen-bond acceptors (Lipinski definition) is 2. The first-order chi connectivity index (χ1) is 15.7. The topological polar surface area (TPSA) is 49.4 Å². The Morgan fingerprint density at radius 2 is 1.34 bits per heavy atom. The molecule has 5 rings (SSSR count). The molecule has 0 spiro atoms. The molecule has 168 valence electrons. The van der Waals surface area contributed by atoms with Gasteiger partial charge in [-0.05, 0) is 73.1 Å². The van der Waals surface area contributed by atoms with Gasteiger partial charge in [0, 0.05) is 29.8 Å². The van der Waals surface area contributed by atoms with Gasteiger partial charge in [-0.25, -0.2) is 0 Å². The van der Waals surface area contributed by atoms with E-state index in [-0.39, 0.29) is 11.8 Å². The van der Waals surface area contributed by atoms with Gasteiger partial charge in [0.25, 0.3) is 5.91 Å². The molecular weight excluding hydrogens is 396 g/mol. The SMILES string of the molecule is O=C1CCc2cc(-c3ccc(C(=O)N(C4CCCCC4)C4CCCCC4)cc3)ccc2N1. The molecule has 0 unspecified atom stereocenters. The van der Waals surface area contributed by atoms with Crippen molar-refractivity contribution in [3.8, 4) is 11.1 Å². The Hall–Kier alpha value is -2.62. The predicted molar refractivity (Wildman–Crippen MR) is 129 cm³/mol. The molecule has 0 bridgehead atoms. The normalized spacial score (nSPS) is 19.8. The Morgan fingerprint density at radius 1 is 0.750 bits per heavy atom. The van der Waals surface area contributed by atoms with E-state index in [2.05, 4.69) is 34.5 Å². The average molecular weight is 431 g/mol. The molecule has 32 heavy (non-hydrogen) atoms. The van der Waals surface area contributed by atoms with E-state index >= 15 is 0 Å². The summed E-state index contributed by atoms with van der Waals surface area (Å²) in [6.45, 7) is 0. The van der Waals surface area contributed by atoms with Crippen molar-refractivity contribution in [3.05, 3.63) is 53.6 Å². The monoisotopic (exact) mass is 430 g/mol. The van der Waals surface area contributed by atoms with Crippen LogP contribution >= 0.6 is 0 Å². The lowest BCUT2D eigenvalue weighted by molar-refractivity contribution is -0.116. The van der Waals surface area contributed by atoms with Crippen LogP contribution in [0.2, 0.25) is 0 Å². The second kappa shape index (κ2) is 9.48. The summed E-state index contributed by atoms with van der Waals surface area (Å²) in [6, 6.07) is 15.2. The number of hydrogen-bond donors (Lipinski definition) is 1. The molecule has 2 amide bonds. The van der Waals surface area contributed by atoms with E-state index in [4.69, 9.17) is 0 Å². The van der Waals surface area contributed by atoms with Gasteiger partial charge in [0.1, 0.15) is 0 Å². The zero-order valence-electron chi connectivity index (χ0n) is 18.9. The van der Waals surface area contributed by atoms with Crippen LogP contribution in [0.4, 0.5) is 5.69 Å². The number of nitrogens with one attached hydrogen (secondary N) is 1. The zero-order valence-corrected chi connectivity index (χ0v) is 18.9. The van der Waals surface area contributed by atoms with Gasteiger partial charge in [0.2, 0.25) is 5.91 Å². The Labute approximate surface area is 191 Å². The summed E-state index contributed by atoms with van der Waals surface area (Å²) in [5, 5.41) is 2.95. The van der Waals surface area contributed by atoms with E-state index in [1.54, 1.807) is 0 Å². The smallest absolute Gasteiger partial charge is 0.254 e. The van der Waals surface area contributed by atoms with Crippen LogP contribution in [0.3, 0.4) is 0 Å². The first-order valence-electron chi connectivity index (χ1n) is 12.5. The van der Waals surface area contributed by atoms with E-state index < -0.39 is 0 Å². The number of amides is 2. The standard InChI is InChI=1S/C28H34N2O2/c31-27-18-16-23-19-22(15-17-26(23)29-27)20-11-13-21(14-12-20)28(32)30(24-7-3-1-4-8-24)25-9-5-2-6-10-25/h11-15,17,19,24-25H,1-10,16,18H2,(H,29,31). The molecule has 1 aliphatic heterocycles. The van der Waals surface area contributed by atoms with Crippen LogP contribution in [-0.4, -0.2) is 28.8 Å². The van der Waals surface area contributed by atoms with Crippen LogP contribution in [-0.2, 0) is 11.2 Å². The maximum absolute atomic E-state index is 13.7. The van der Waals surface area contributed by atoms with Crippen LogP contribution < -0.4 is 5.32 Å². The number of anilines is 1. The highest BCUT2D eigenvalue weighted by atomic mass is 16.2. The summed E-state index contributed by atoms with van der Waals surface area (Å²) >= 11 is 0. The van der Waals surface area contributed by atoms with Crippen LogP contribution in [0, 0.1) is 0 Å². The van der Waals surface area contributed by atoms with Gasteiger partial charge < -0.3 is 10.2 Å². The summed E-state index contributed by atoms with van der Waals surface area (Å²) in [6.07, 6.45) is 13.6. The molecule has 1 heterocycles. The molecule has 4 heteroatoms. The van der Waals surface area contributed by atoms with Gasteiger partial charge in [-0.2, -0.15) is 0 Å². The van der Waals surface area contributed by atoms with Crippen molar-refractivity contribution in [2.75, 3.05) is 5.32 Å². The third-order valence-electron chi connectivity index (χ3n) is 7.64. The van der Waals surface area contributed by atoms with Crippen LogP contribution in [0.15, 0.2) is 42.5 Å². The number of fused-ring (bicyclic) bond motifs is 1. The Bertz CT molecular complexity index is 951. The van der Waals surface area contributed by atoms with Gasteiger partial charge >= 0.3 is 0 Å². The van der Waals surface area contributed by atoms with Crippen molar-refractivity contribution < 1.29 is 9.59 Å². The quantitative estimate of drug-likeness (QED) is 0.615.